The summed E-state index contributed by atoms with van der Waals surface area (Å²) < 4.78 is 5.24. The van der Waals surface area contributed by atoms with E-state index in [0.29, 0.717) is 24.5 Å². The molecule has 2 heterocycles. The molecule has 1 amide bonds. The smallest absolute Gasteiger partial charge is 0.229 e. The minimum absolute atomic E-state index is 0.0617. The Morgan fingerprint density at radius 2 is 1.90 bits per heavy atom. The van der Waals surface area contributed by atoms with E-state index in [4.69, 9.17) is 4.74 Å². The minimum Gasteiger partial charge on any atom is -0.497 e. The zero-order chi connectivity index (χ0) is 21.8. The molecule has 6 heteroatoms. The molecule has 2 aromatic carbocycles. The van der Waals surface area contributed by atoms with Crippen LogP contribution in [0.5, 0.6) is 5.75 Å². The third-order valence-corrected chi connectivity index (χ3v) is 7.09. The normalized spacial score (nSPS) is 18.6. The van der Waals surface area contributed by atoms with Gasteiger partial charge in [-0.1, -0.05) is 49.4 Å². The number of unbranched alkanes of at least 4 members (excludes halogenated alkanes) is 1. The molecule has 2 aliphatic heterocycles. The first kappa shape index (κ1) is 21.3. The van der Waals surface area contributed by atoms with E-state index in [1.54, 1.807) is 23.8 Å². The van der Waals surface area contributed by atoms with Crippen molar-refractivity contribution in [1.29, 1.82) is 5.26 Å². The summed E-state index contributed by atoms with van der Waals surface area (Å²) >= 11 is 1.57. The van der Waals surface area contributed by atoms with Gasteiger partial charge >= 0.3 is 0 Å². The topological polar surface area (TPSA) is 56.6 Å². The number of ether oxygens (including phenoxy) is 1. The standard InChI is InChI=1S/C25H27N3O2S/c1-3-4-5-18-6-10-20(11-7-18)27-16-28-24(29)14-22(23(15-26)25(28)31-17-27)19-8-12-21(30-2)13-9-19/h6-13,22H,3-5,14,16-17H2,1-2H3/t22-/m0/s1. The SMILES string of the molecule is CCCCc1ccc(N2CSC3=C(C#N)[C@H](c4ccc(OC)cc4)CC(=O)N3C2)cc1. The van der Waals surface area contributed by atoms with Crippen molar-refractivity contribution in [3.05, 3.63) is 70.3 Å². The van der Waals surface area contributed by atoms with Crippen LogP contribution in [0.2, 0.25) is 0 Å². The van der Waals surface area contributed by atoms with Crippen LogP contribution in [0.3, 0.4) is 0 Å². The highest BCUT2D eigenvalue weighted by Crippen LogP contribution is 2.43. The maximum atomic E-state index is 13.1. The van der Waals surface area contributed by atoms with E-state index >= 15 is 0 Å². The Morgan fingerprint density at radius 3 is 2.55 bits per heavy atom. The molecular formula is C25H27N3O2S. The van der Waals surface area contributed by atoms with Gasteiger partial charge in [-0.3, -0.25) is 9.69 Å². The average Bonchev–Trinajstić information content (AvgIpc) is 2.83. The summed E-state index contributed by atoms with van der Waals surface area (Å²) in [4.78, 5) is 17.0. The van der Waals surface area contributed by atoms with Gasteiger partial charge in [-0.2, -0.15) is 5.26 Å². The van der Waals surface area contributed by atoms with Gasteiger partial charge < -0.3 is 9.64 Å². The third kappa shape index (κ3) is 4.42. The highest BCUT2D eigenvalue weighted by atomic mass is 32.2. The van der Waals surface area contributed by atoms with Gasteiger partial charge in [0.15, 0.2) is 0 Å². The summed E-state index contributed by atoms with van der Waals surface area (Å²) in [5.41, 5.74) is 4.11. The van der Waals surface area contributed by atoms with Gasteiger partial charge in [-0.15, -0.1) is 0 Å². The number of aryl methyl sites for hydroxylation is 1. The molecule has 0 aromatic heterocycles. The van der Waals surface area contributed by atoms with E-state index in [2.05, 4.69) is 42.2 Å². The minimum atomic E-state index is -0.202. The van der Waals surface area contributed by atoms with E-state index in [1.807, 2.05) is 24.3 Å². The number of nitriles is 1. The quantitative estimate of drug-likeness (QED) is 0.622. The molecule has 0 radical (unpaired) electrons. The summed E-state index contributed by atoms with van der Waals surface area (Å²) in [5, 5.41) is 10.7. The monoisotopic (exact) mass is 433 g/mol. The molecular weight excluding hydrogens is 406 g/mol. The lowest BCUT2D eigenvalue weighted by molar-refractivity contribution is -0.129. The van der Waals surface area contributed by atoms with E-state index in [-0.39, 0.29) is 11.8 Å². The molecule has 0 N–H and O–H groups in total. The second kappa shape index (κ2) is 9.49. The Bertz CT molecular complexity index is 1010. The number of allylic oxidation sites excluding steroid dienone is 1. The zero-order valence-electron chi connectivity index (χ0n) is 18.0. The highest BCUT2D eigenvalue weighted by molar-refractivity contribution is 8.03. The number of anilines is 1. The molecule has 5 nitrogen and oxygen atoms in total. The molecule has 2 aromatic rings. The maximum absolute atomic E-state index is 13.1. The molecule has 0 bridgehead atoms. The molecule has 1 saturated heterocycles. The lowest BCUT2D eigenvalue weighted by Crippen LogP contribution is -2.47. The van der Waals surface area contributed by atoms with Crippen molar-refractivity contribution in [3.8, 4) is 11.8 Å². The molecule has 1 fully saturated rings. The summed E-state index contributed by atoms with van der Waals surface area (Å²) in [7, 11) is 1.63. The number of benzene rings is 2. The zero-order valence-corrected chi connectivity index (χ0v) is 18.8. The number of carbonyl (C=O) groups excluding carboxylic acids is 1. The number of thioether (sulfide) groups is 1. The van der Waals surface area contributed by atoms with Crippen molar-refractivity contribution in [1.82, 2.24) is 4.90 Å². The van der Waals surface area contributed by atoms with Crippen LogP contribution in [0, 0.1) is 11.3 Å². The van der Waals surface area contributed by atoms with Crippen LogP contribution in [0.1, 0.15) is 43.2 Å². The number of rotatable bonds is 6. The predicted octanol–water partition coefficient (Wildman–Crippen LogP) is 5.26. The van der Waals surface area contributed by atoms with Gasteiger partial charge in [0.2, 0.25) is 5.91 Å². The van der Waals surface area contributed by atoms with Crippen molar-refractivity contribution < 1.29 is 9.53 Å². The Morgan fingerprint density at radius 1 is 1.16 bits per heavy atom. The maximum Gasteiger partial charge on any atom is 0.229 e. The van der Waals surface area contributed by atoms with Crippen molar-refractivity contribution >= 4 is 23.4 Å². The largest absolute Gasteiger partial charge is 0.497 e. The highest BCUT2D eigenvalue weighted by Gasteiger charge is 2.38. The number of amides is 1. The van der Waals surface area contributed by atoms with Gasteiger partial charge in [0, 0.05) is 18.0 Å². The molecule has 0 spiro atoms. The van der Waals surface area contributed by atoms with Crippen molar-refractivity contribution in [2.45, 2.75) is 38.5 Å². The number of nitrogens with zero attached hydrogens (tertiary/aromatic N) is 3. The van der Waals surface area contributed by atoms with Gasteiger partial charge in [0.25, 0.3) is 0 Å². The van der Waals surface area contributed by atoms with Gasteiger partial charge in [0.05, 0.1) is 36.3 Å². The molecule has 160 valence electrons. The molecule has 0 unspecified atom stereocenters. The van der Waals surface area contributed by atoms with Gasteiger partial charge in [-0.25, -0.2) is 0 Å². The lowest BCUT2D eigenvalue weighted by Gasteiger charge is -2.42. The molecule has 1 atom stereocenters. The van der Waals surface area contributed by atoms with Crippen LogP contribution in [-0.2, 0) is 11.2 Å². The first-order valence-corrected chi connectivity index (χ1v) is 11.7. The molecule has 4 rings (SSSR count). The Hall–Kier alpha value is -2.91. The van der Waals surface area contributed by atoms with Crippen molar-refractivity contribution in [2.75, 3.05) is 24.6 Å². The fourth-order valence-corrected chi connectivity index (χ4v) is 5.27. The predicted molar refractivity (Wildman–Crippen MR) is 125 cm³/mol. The number of hydrogen-bond donors (Lipinski definition) is 0. The Kier molecular flexibility index (Phi) is 6.53. The number of carbonyl (C=O) groups is 1. The van der Waals surface area contributed by atoms with Gasteiger partial charge in [-0.05, 0) is 48.2 Å². The van der Waals surface area contributed by atoms with Crippen LogP contribution in [-0.4, -0.2) is 30.5 Å². The summed E-state index contributed by atoms with van der Waals surface area (Å²) in [6.07, 6.45) is 3.79. The Balaban J connectivity index is 1.55. The van der Waals surface area contributed by atoms with E-state index in [0.717, 1.165) is 28.5 Å². The second-order valence-corrected chi connectivity index (χ2v) is 8.84. The number of fused-ring (bicyclic) bond motifs is 1. The van der Waals surface area contributed by atoms with Gasteiger partial charge in [0.1, 0.15) is 5.75 Å². The molecule has 31 heavy (non-hydrogen) atoms. The van der Waals surface area contributed by atoms with E-state index in [1.165, 1.54) is 18.4 Å². The first-order valence-electron chi connectivity index (χ1n) is 10.7. The summed E-state index contributed by atoms with van der Waals surface area (Å²) in [6, 6.07) is 18.7. The number of hydrogen-bond acceptors (Lipinski definition) is 5. The summed E-state index contributed by atoms with van der Waals surface area (Å²) in [6.45, 7) is 2.69. The van der Waals surface area contributed by atoms with Crippen LogP contribution >= 0.6 is 11.8 Å². The van der Waals surface area contributed by atoms with Crippen molar-refractivity contribution in [3.63, 3.8) is 0 Å². The fourth-order valence-electron chi connectivity index (χ4n) is 4.10. The molecule has 0 saturated carbocycles. The first-order chi connectivity index (χ1) is 15.1. The van der Waals surface area contributed by atoms with E-state index in [9.17, 15) is 10.1 Å². The van der Waals surface area contributed by atoms with Crippen LogP contribution in [0.25, 0.3) is 0 Å². The van der Waals surface area contributed by atoms with Crippen molar-refractivity contribution in [2.24, 2.45) is 0 Å². The molecule has 2 aliphatic rings. The average molecular weight is 434 g/mol. The van der Waals surface area contributed by atoms with Crippen LogP contribution in [0.15, 0.2) is 59.1 Å². The Labute approximate surface area is 188 Å². The van der Waals surface area contributed by atoms with Crippen LogP contribution < -0.4 is 9.64 Å². The van der Waals surface area contributed by atoms with Crippen LogP contribution in [0.4, 0.5) is 5.69 Å². The third-order valence-electron chi connectivity index (χ3n) is 5.93. The number of methoxy groups -OCH3 is 1. The lowest BCUT2D eigenvalue weighted by atomic mass is 9.86. The molecule has 0 aliphatic carbocycles. The fraction of sp³-hybridized carbons (Fsp3) is 0.360. The summed E-state index contributed by atoms with van der Waals surface area (Å²) in [5.74, 6) is 1.34. The van der Waals surface area contributed by atoms with E-state index < -0.39 is 0 Å². The second-order valence-electron chi connectivity index (χ2n) is 7.91.